The Morgan fingerprint density at radius 3 is 2.35 bits per heavy atom. The molecule has 1 aromatic carbocycles. The van der Waals surface area contributed by atoms with E-state index >= 15 is 0 Å². The second-order valence-corrected chi connectivity index (χ2v) is 8.19. The molecule has 0 N–H and O–H groups in total. The first-order valence-electron chi connectivity index (χ1n) is 9.08. The van der Waals surface area contributed by atoms with Crippen molar-refractivity contribution < 1.29 is 14.7 Å². The lowest BCUT2D eigenvalue weighted by Crippen LogP contribution is -2.29. The van der Waals surface area contributed by atoms with Crippen LogP contribution in [0.1, 0.15) is 25.1 Å². The van der Waals surface area contributed by atoms with Crippen LogP contribution in [-0.2, 0) is 9.59 Å². The zero-order valence-corrected chi connectivity index (χ0v) is 18.9. The van der Waals surface area contributed by atoms with Crippen LogP contribution in [-0.4, -0.2) is 21.3 Å². The minimum Gasteiger partial charge on any atom is -0.858 e. The summed E-state index contributed by atoms with van der Waals surface area (Å²) < 4.78 is 1.09. The number of nitriles is 1. The molecular formula is C22H15Cl3N3O3-. The summed E-state index contributed by atoms with van der Waals surface area (Å²) in [4.78, 5) is 24.6. The molecule has 2 aromatic rings. The van der Waals surface area contributed by atoms with E-state index in [0.29, 0.717) is 16.3 Å². The van der Waals surface area contributed by atoms with E-state index in [0.717, 1.165) is 4.68 Å². The molecule has 6 nitrogen and oxygen atoms in total. The van der Waals surface area contributed by atoms with Gasteiger partial charge in [-0.25, -0.2) is 4.68 Å². The number of hydrogen-bond acceptors (Lipinski definition) is 5. The summed E-state index contributed by atoms with van der Waals surface area (Å²) in [7, 11) is 0. The van der Waals surface area contributed by atoms with Crippen molar-refractivity contribution in [1.29, 1.82) is 5.26 Å². The second-order valence-electron chi connectivity index (χ2n) is 6.94. The third-order valence-corrected chi connectivity index (χ3v) is 5.77. The molecule has 1 unspecified atom stereocenters. The number of rotatable bonds is 3. The molecule has 31 heavy (non-hydrogen) atoms. The van der Waals surface area contributed by atoms with Crippen LogP contribution in [0.4, 0.5) is 0 Å². The predicted octanol–water partition coefficient (Wildman–Crippen LogP) is 4.78. The van der Waals surface area contributed by atoms with E-state index in [1.165, 1.54) is 37.3 Å². The number of benzene rings is 1. The largest absolute Gasteiger partial charge is 0.858 e. The summed E-state index contributed by atoms with van der Waals surface area (Å²) in [5.41, 5.74) is 1.44. The first-order chi connectivity index (χ1) is 14.6. The Morgan fingerprint density at radius 2 is 1.77 bits per heavy atom. The Hall–Kier alpha value is -2.85. The molecule has 1 aromatic heterocycles. The standard InChI is InChI=1S/C22H16Cl3N3O3/c1-10-14(20(29)11(2)21(30)16(10)9-26)5-4-6-15-12(3)27-28(22(15)31)19-17(24)7-13(23)8-18(19)25/h4-8,11,31H,1-3H3/p-1. The normalized spacial score (nSPS) is 18.4. The molecule has 0 fully saturated rings. The van der Waals surface area contributed by atoms with E-state index in [2.05, 4.69) is 5.10 Å². The van der Waals surface area contributed by atoms with Gasteiger partial charge in [0, 0.05) is 16.2 Å². The predicted molar refractivity (Wildman–Crippen MR) is 117 cm³/mol. The smallest absolute Gasteiger partial charge is 0.184 e. The van der Waals surface area contributed by atoms with Gasteiger partial charge < -0.3 is 5.11 Å². The lowest BCUT2D eigenvalue weighted by atomic mass is 9.80. The van der Waals surface area contributed by atoms with Gasteiger partial charge in [0.1, 0.15) is 11.8 Å². The van der Waals surface area contributed by atoms with Crippen LogP contribution in [0.2, 0.25) is 15.1 Å². The number of halogens is 3. The van der Waals surface area contributed by atoms with Crippen molar-refractivity contribution in [2.24, 2.45) is 5.92 Å². The molecule has 1 heterocycles. The lowest BCUT2D eigenvalue weighted by molar-refractivity contribution is -0.278. The van der Waals surface area contributed by atoms with Crippen LogP contribution in [0.25, 0.3) is 11.8 Å². The Balaban J connectivity index is 2.04. The number of carbonyl (C=O) groups is 2. The molecule has 0 aliphatic heterocycles. The van der Waals surface area contributed by atoms with Gasteiger partial charge in [-0.2, -0.15) is 10.4 Å². The van der Waals surface area contributed by atoms with Crippen LogP contribution in [0.15, 0.2) is 41.0 Å². The minimum absolute atomic E-state index is 0.0349. The topological polar surface area (TPSA) is 98.8 Å². The third kappa shape index (κ3) is 4.05. The molecule has 0 radical (unpaired) electrons. The number of carbonyl (C=O) groups excluding carboxylic acids is 2. The highest BCUT2D eigenvalue weighted by molar-refractivity contribution is 6.40. The average Bonchev–Trinajstić information content (AvgIpc) is 2.96. The number of allylic oxidation sites excluding steroid dienone is 5. The highest BCUT2D eigenvalue weighted by atomic mass is 35.5. The zero-order valence-electron chi connectivity index (χ0n) is 16.7. The number of aromatic nitrogens is 2. The number of ketones is 2. The summed E-state index contributed by atoms with van der Waals surface area (Å²) in [6.07, 6.45) is 4.49. The van der Waals surface area contributed by atoms with E-state index in [1.54, 1.807) is 13.8 Å². The maximum atomic E-state index is 12.9. The van der Waals surface area contributed by atoms with Crippen LogP contribution in [0.5, 0.6) is 5.88 Å². The molecule has 1 aliphatic carbocycles. The summed E-state index contributed by atoms with van der Waals surface area (Å²) in [6, 6.07) is 4.78. The Bertz CT molecular complexity index is 1240. The fraction of sp³-hybridized carbons (Fsp3) is 0.182. The van der Waals surface area contributed by atoms with E-state index in [-0.39, 0.29) is 38.2 Å². The highest BCUT2D eigenvalue weighted by Crippen LogP contribution is 2.35. The van der Waals surface area contributed by atoms with Crippen LogP contribution in [0, 0.1) is 24.2 Å². The van der Waals surface area contributed by atoms with E-state index < -0.39 is 17.6 Å². The van der Waals surface area contributed by atoms with Crippen molar-refractivity contribution in [1.82, 2.24) is 9.78 Å². The van der Waals surface area contributed by atoms with Crippen molar-refractivity contribution >= 4 is 52.4 Å². The molecule has 158 valence electrons. The number of hydrogen-bond donors (Lipinski definition) is 0. The van der Waals surface area contributed by atoms with Crippen molar-refractivity contribution in [2.75, 3.05) is 0 Å². The molecule has 0 amide bonds. The van der Waals surface area contributed by atoms with E-state index in [9.17, 15) is 20.0 Å². The van der Waals surface area contributed by atoms with Crippen molar-refractivity contribution in [3.8, 4) is 17.6 Å². The fourth-order valence-corrected chi connectivity index (χ4v) is 4.24. The summed E-state index contributed by atoms with van der Waals surface area (Å²) in [6.45, 7) is 4.66. The number of aryl methyl sites for hydroxylation is 1. The highest BCUT2D eigenvalue weighted by Gasteiger charge is 2.34. The van der Waals surface area contributed by atoms with E-state index in [4.69, 9.17) is 34.8 Å². The molecule has 1 aliphatic rings. The van der Waals surface area contributed by atoms with Gasteiger partial charge in [-0.15, -0.1) is 0 Å². The van der Waals surface area contributed by atoms with Crippen molar-refractivity contribution in [2.45, 2.75) is 20.8 Å². The van der Waals surface area contributed by atoms with Crippen LogP contribution >= 0.6 is 34.8 Å². The maximum absolute atomic E-state index is 12.9. The fourth-order valence-electron chi connectivity index (χ4n) is 3.26. The van der Waals surface area contributed by atoms with Gasteiger partial charge in [-0.1, -0.05) is 53.0 Å². The molecule has 0 saturated heterocycles. The molecule has 1 atom stereocenters. The Morgan fingerprint density at radius 1 is 1.16 bits per heavy atom. The number of nitrogens with zero attached hydrogens (tertiary/aromatic N) is 3. The van der Waals surface area contributed by atoms with Gasteiger partial charge in [0.25, 0.3) is 0 Å². The Kier molecular flexibility index (Phi) is 6.42. The first kappa shape index (κ1) is 22.8. The molecular weight excluding hydrogens is 461 g/mol. The molecule has 0 bridgehead atoms. The van der Waals surface area contributed by atoms with Gasteiger partial charge >= 0.3 is 0 Å². The van der Waals surface area contributed by atoms with Crippen LogP contribution in [0.3, 0.4) is 0 Å². The van der Waals surface area contributed by atoms with Gasteiger partial charge in [-0.05, 0) is 44.4 Å². The maximum Gasteiger partial charge on any atom is 0.184 e. The van der Waals surface area contributed by atoms with Gasteiger partial charge in [0.05, 0.1) is 27.2 Å². The third-order valence-electron chi connectivity index (χ3n) is 4.97. The van der Waals surface area contributed by atoms with Crippen molar-refractivity contribution in [3.05, 3.63) is 67.3 Å². The Labute approximate surface area is 193 Å². The zero-order chi connectivity index (χ0) is 23.0. The number of Topliss-reactive ketones (excluding diaryl/α,β-unsaturated/α-hetero) is 2. The van der Waals surface area contributed by atoms with Crippen molar-refractivity contribution in [3.63, 3.8) is 0 Å². The summed E-state index contributed by atoms with van der Waals surface area (Å²) in [5, 5.41) is 27.0. The van der Waals surface area contributed by atoms with Crippen LogP contribution < -0.4 is 5.11 Å². The SMILES string of the molecule is CC1=C(C#N)C(=O)C(C)C(=O)C1=CC=Cc1c(C)nn(-c2c(Cl)cc(Cl)cc2Cl)c1[O-]. The minimum atomic E-state index is -0.924. The quantitative estimate of drug-likeness (QED) is 0.470. The van der Waals surface area contributed by atoms with E-state index in [1.807, 2.05) is 6.07 Å². The second kappa shape index (κ2) is 8.72. The monoisotopic (exact) mass is 474 g/mol. The molecule has 3 rings (SSSR count). The average molecular weight is 476 g/mol. The van der Waals surface area contributed by atoms with Gasteiger partial charge in [0.2, 0.25) is 0 Å². The van der Waals surface area contributed by atoms with Gasteiger partial charge in [-0.3, -0.25) is 9.59 Å². The summed E-state index contributed by atoms with van der Waals surface area (Å²) >= 11 is 18.3. The molecule has 0 spiro atoms. The van der Waals surface area contributed by atoms with Gasteiger partial charge in [0.15, 0.2) is 11.6 Å². The molecule has 9 heteroatoms. The molecule has 0 saturated carbocycles. The first-order valence-corrected chi connectivity index (χ1v) is 10.2. The lowest BCUT2D eigenvalue weighted by Gasteiger charge is -2.19. The summed E-state index contributed by atoms with van der Waals surface area (Å²) in [5.74, 6) is -2.24.